The Morgan fingerprint density at radius 2 is 2.03 bits per heavy atom. The second-order valence-corrected chi connectivity index (χ2v) is 7.87. The first kappa shape index (κ1) is 19.7. The van der Waals surface area contributed by atoms with Gasteiger partial charge in [0.2, 0.25) is 0 Å². The second kappa shape index (κ2) is 8.47. The lowest BCUT2D eigenvalue weighted by Gasteiger charge is -2.22. The summed E-state index contributed by atoms with van der Waals surface area (Å²) >= 11 is 0. The van der Waals surface area contributed by atoms with Crippen molar-refractivity contribution in [2.75, 3.05) is 20.2 Å². The molecule has 4 heterocycles. The third-order valence-corrected chi connectivity index (χ3v) is 6.06. The molecule has 8 heteroatoms. The number of pyridine rings is 1. The van der Waals surface area contributed by atoms with Crippen molar-refractivity contribution in [1.29, 1.82) is 0 Å². The van der Waals surface area contributed by atoms with E-state index in [1.165, 1.54) is 6.07 Å². The normalized spacial score (nSPS) is 14.9. The Morgan fingerprint density at radius 3 is 2.87 bits per heavy atom. The topological polar surface area (TPSA) is 69.3 Å². The van der Waals surface area contributed by atoms with Crippen molar-refractivity contribution in [3.8, 4) is 16.9 Å². The van der Waals surface area contributed by atoms with Gasteiger partial charge in [-0.1, -0.05) is 6.07 Å². The second-order valence-electron chi connectivity index (χ2n) is 7.87. The SMILES string of the molecule is COc1cccc(F)c1CCc1ccc(-c2cnn(C3CCNCC3)c2)c2nncn12. The summed E-state index contributed by atoms with van der Waals surface area (Å²) in [5.41, 5.74) is 4.39. The molecule has 1 aliphatic heterocycles. The molecule has 1 aliphatic rings. The van der Waals surface area contributed by atoms with Gasteiger partial charge in [0.1, 0.15) is 17.9 Å². The van der Waals surface area contributed by atoms with E-state index in [4.69, 9.17) is 4.74 Å². The first-order chi connectivity index (χ1) is 15.2. The van der Waals surface area contributed by atoms with Gasteiger partial charge in [-0.15, -0.1) is 10.2 Å². The van der Waals surface area contributed by atoms with E-state index >= 15 is 0 Å². The van der Waals surface area contributed by atoms with Gasteiger partial charge in [-0.2, -0.15) is 5.10 Å². The lowest BCUT2D eigenvalue weighted by molar-refractivity contribution is 0.343. The molecular formula is C23H25FN6O. The third kappa shape index (κ3) is 3.79. The summed E-state index contributed by atoms with van der Waals surface area (Å²) in [5, 5.41) is 16.5. The largest absolute Gasteiger partial charge is 0.496 e. The van der Waals surface area contributed by atoms with Crippen molar-refractivity contribution in [1.82, 2.24) is 29.7 Å². The van der Waals surface area contributed by atoms with E-state index < -0.39 is 0 Å². The van der Waals surface area contributed by atoms with Gasteiger partial charge in [0, 0.05) is 28.6 Å². The number of ether oxygens (including phenoxy) is 1. The molecule has 7 nitrogen and oxygen atoms in total. The number of benzene rings is 1. The molecule has 0 saturated carbocycles. The monoisotopic (exact) mass is 420 g/mol. The number of aromatic nitrogens is 5. The zero-order valence-electron chi connectivity index (χ0n) is 17.5. The van der Waals surface area contributed by atoms with E-state index in [9.17, 15) is 4.39 Å². The van der Waals surface area contributed by atoms with Crippen LogP contribution in [0, 0.1) is 5.82 Å². The van der Waals surface area contributed by atoms with Crippen LogP contribution in [0.15, 0.2) is 49.1 Å². The molecule has 0 amide bonds. The molecule has 5 rings (SSSR count). The minimum absolute atomic E-state index is 0.249. The standard InChI is InChI=1S/C23H25FN6O/c1-31-22-4-2-3-21(24)20(22)8-6-17-5-7-19(23-28-26-15-29(17)23)16-13-27-30(14-16)18-9-11-25-12-10-18/h2-5,7,13-15,18,25H,6,8-12H2,1H3. The lowest BCUT2D eigenvalue weighted by Crippen LogP contribution is -2.29. The van der Waals surface area contributed by atoms with Crippen LogP contribution < -0.4 is 10.1 Å². The smallest absolute Gasteiger partial charge is 0.168 e. The predicted molar refractivity (Wildman–Crippen MR) is 116 cm³/mol. The lowest BCUT2D eigenvalue weighted by atomic mass is 10.0. The maximum absolute atomic E-state index is 14.3. The summed E-state index contributed by atoms with van der Waals surface area (Å²) in [6.07, 6.45) is 9.04. The number of piperidine rings is 1. The van der Waals surface area contributed by atoms with Crippen molar-refractivity contribution >= 4 is 5.65 Å². The minimum atomic E-state index is -0.249. The van der Waals surface area contributed by atoms with Crippen LogP contribution >= 0.6 is 0 Å². The number of methoxy groups -OCH3 is 1. The molecule has 1 N–H and O–H groups in total. The van der Waals surface area contributed by atoms with E-state index in [-0.39, 0.29) is 5.82 Å². The Kier molecular flexibility index (Phi) is 5.38. The fraction of sp³-hybridized carbons (Fsp3) is 0.348. The first-order valence-corrected chi connectivity index (χ1v) is 10.6. The van der Waals surface area contributed by atoms with Crippen molar-refractivity contribution in [2.45, 2.75) is 31.7 Å². The molecule has 1 fully saturated rings. The summed E-state index contributed by atoms with van der Waals surface area (Å²) < 4.78 is 23.7. The molecule has 0 aliphatic carbocycles. The number of nitrogens with one attached hydrogen (secondary N) is 1. The van der Waals surface area contributed by atoms with E-state index in [2.05, 4.69) is 43.6 Å². The van der Waals surface area contributed by atoms with E-state index in [0.717, 1.165) is 48.4 Å². The number of hydrogen-bond donors (Lipinski definition) is 1. The molecule has 0 radical (unpaired) electrons. The fourth-order valence-electron chi connectivity index (χ4n) is 4.37. The van der Waals surface area contributed by atoms with Crippen molar-refractivity contribution < 1.29 is 9.13 Å². The zero-order valence-corrected chi connectivity index (χ0v) is 17.5. The molecule has 0 bridgehead atoms. The average Bonchev–Trinajstić information content (AvgIpc) is 3.49. The van der Waals surface area contributed by atoms with Crippen LogP contribution in [0.4, 0.5) is 4.39 Å². The van der Waals surface area contributed by atoms with Crippen LogP contribution in [0.5, 0.6) is 5.75 Å². The molecule has 0 spiro atoms. The molecule has 3 aromatic heterocycles. The van der Waals surface area contributed by atoms with Gasteiger partial charge in [0.25, 0.3) is 0 Å². The van der Waals surface area contributed by atoms with Gasteiger partial charge >= 0.3 is 0 Å². The maximum Gasteiger partial charge on any atom is 0.168 e. The van der Waals surface area contributed by atoms with Gasteiger partial charge < -0.3 is 10.1 Å². The molecule has 160 valence electrons. The Hall–Kier alpha value is -3.26. The molecule has 1 saturated heterocycles. The van der Waals surface area contributed by atoms with Crippen LogP contribution in [0.1, 0.15) is 30.1 Å². The maximum atomic E-state index is 14.3. The summed E-state index contributed by atoms with van der Waals surface area (Å²) in [6.45, 7) is 2.05. The third-order valence-electron chi connectivity index (χ3n) is 6.06. The van der Waals surface area contributed by atoms with Gasteiger partial charge in [-0.05, 0) is 63.0 Å². The summed E-state index contributed by atoms with van der Waals surface area (Å²) in [7, 11) is 1.56. The van der Waals surface area contributed by atoms with Gasteiger partial charge in [-0.3, -0.25) is 9.08 Å². The summed E-state index contributed by atoms with van der Waals surface area (Å²) in [4.78, 5) is 0. The Morgan fingerprint density at radius 1 is 1.16 bits per heavy atom. The average molecular weight is 420 g/mol. The van der Waals surface area contributed by atoms with Gasteiger partial charge in [0.15, 0.2) is 5.65 Å². The number of nitrogens with zero attached hydrogens (tertiary/aromatic N) is 5. The molecule has 1 aromatic carbocycles. The van der Waals surface area contributed by atoms with Crippen LogP contribution in [0.25, 0.3) is 16.8 Å². The van der Waals surface area contributed by atoms with Crippen LogP contribution in [0.3, 0.4) is 0 Å². The number of fused-ring (bicyclic) bond motifs is 1. The number of rotatable bonds is 6. The van der Waals surface area contributed by atoms with Crippen molar-refractivity contribution in [3.05, 3.63) is 66.1 Å². The first-order valence-electron chi connectivity index (χ1n) is 10.6. The number of aryl methyl sites for hydroxylation is 1. The highest BCUT2D eigenvalue weighted by Crippen LogP contribution is 2.28. The molecule has 0 unspecified atom stereocenters. The van der Waals surface area contributed by atoms with Crippen molar-refractivity contribution in [3.63, 3.8) is 0 Å². The van der Waals surface area contributed by atoms with Crippen molar-refractivity contribution in [2.24, 2.45) is 0 Å². The molecular weight excluding hydrogens is 395 g/mol. The summed E-state index contributed by atoms with van der Waals surface area (Å²) in [5.74, 6) is 0.322. The van der Waals surface area contributed by atoms with E-state index in [1.807, 2.05) is 10.6 Å². The highest BCUT2D eigenvalue weighted by molar-refractivity contribution is 5.76. The summed E-state index contributed by atoms with van der Waals surface area (Å²) in [6, 6.07) is 9.46. The van der Waals surface area contributed by atoms with Crippen LogP contribution in [-0.2, 0) is 12.8 Å². The Balaban J connectivity index is 1.42. The molecule has 4 aromatic rings. The van der Waals surface area contributed by atoms with E-state index in [0.29, 0.717) is 30.2 Å². The zero-order chi connectivity index (χ0) is 21.2. The highest BCUT2D eigenvalue weighted by atomic mass is 19.1. The Bertz CT molecular complexity index is 1190. The van der Waals surface area contributed by atoms with Crippen LogP contribution in [0.2, 0.25) is 0 Å². The quantitative estimate of drug-likeness (QED) is 0.517. The van der Waals surface area contributed by atoms with Gasteiger partial charge in [0.05, 0.1) is 19.3 Å². The molecule has 31 heavy (non-hydrogen) atoms. The number of hydrogen-bond acceptors (Lipinski definition) is 5. The highest BCUT2D eigenvalue weighted by Gasteiger charge is 2.18. The van der Waals surface area contributed by atoms with Gasteiger partial charge in [-0.25, -0.2) is 4.39 Å². The minimum Gasteiger partial charge on any atom is -0.496 e. The Labute approximate surface area is 179 Å². The number of halogens is 1. The van der Waals surface area contributed by atoms with Crippen LogP contribution in [-0.4, -0.2) is 44.6 Å². The molecule has 0 atom stereocenters. The van der Waals surface area contributed by atoms with E-state index in [1.54, 1.807) is 25.6 Å². The fourth-order valence-corrected chi connectivity index (χ4v) is 4.37. The predicted octanol–water partition coefficient (Wildman–Crippen LogP) is 3.45.